The maximum absolute atomic E-state index is 11.9. The Morgan fingerprint density at radius 1 is 1.56 bits per heavy atom. The van der Waals surface area contributed by atoms with Crippen LogP contribution in [0.1, 0.15) is 27.2 Å². The molecule has 0 aliphatic carbocycles. The van der Waals surface area contributed by atoms with E-state index in [1.54, 1.807) is 20.8 Å². The SMILES string of the molecule is CC[C@@H](N)C(=O)N1CC(=O)NC(=O)C1(C)C. The molecule has 0 aromatic carbocycles. The highest BCUT2D eigenvalue weighted by Gasteiger charge is 2.44. The third kappa shape index (κ3) is 2.06. The zero-order valence-corrected chi connectivity index (χ0v) is 9.74. The van der Waals surface area contributed by atoms with Gasteiger partial charge in [-0.2, -0.15) is 0 Å². The molecule has 1 aliphatic rings. The van der Waals surface area contributed by atoms with Crippen LogP contribution in [0.5, 0.6) is 0 Å². The fraction of sp³-hybridized carbons (Fsp3) is 0.700. The van der Waals surface area contributed by atoms with E-state index in [1.165, 1.54) is 4.90 Å². The van der Waals surface area contributed by atoms with Crippen molar-refractivity contribution in [1.82, 2.24) is 10.2 Å². The van der Waals surface area contributed by atoms with Crippen molar-refractivity contribution >= 4 is 17.7 Å². The number of piperazine rings is 1. The smallest absolute Gasteiger partial charge is 0.252 e. The van der Waals surface area contributed by atoms with E-state index in [0.717, 1.165) is 0 Å². The highest BCUT2D eigenvalue weighted by Crippen LogP contribution is 2.19. The molecule has 1 heterocycles. The number of hydrogen-bond donors (Lipinski definition) is 2. The van der Waals surface area contributed by atoms with Gasteiger partial charge in [-0.25, -0.2) is 0 Å². The van der Waals surface area contributed by atoms with E-state index < -0.39 is 23.4 Å². The molecule has 3 amide bonds. The number of hydrogen-bond acceptors (Lipinski definition) is 4. The van der Waals surface area contributed by atoms with Gasteiger partial charge in [0, 0.05) is 0 Å². The van der Waals surface area contributed by atoms with Crippen molar-refractivity contribution in [2.75, 3.05) is 6.54 Å². The molecule has 1 aliphatic heterocycles. The quantitative estimate of drug-likeness (QED) is 0.591. The monoisotopic (exact) mass is 227 g/mol. The van der Waals surface area contributed by atoms with Crippen LogP contribution in [0.2, 0.25) is 0 Å². The summed E-state index contributed by atoms with van der Waals surface area (Å²) in [4.78, 5) is 35.9. The summed E-state index contributed by atoms with van der Waals surface area (Å²) in [6, 6.07) is -0.669. The Morgan fingerprint density at radius 2 is 2.12 bits per heavy atom. The van der Waals surface area contributed by atoms with Crippen LogP contribution in [-0.2, 0) is 14.4 Å². The standard InChI is InChI=1S/C10H17N3O3/c1-4-6(11)8(15)13-5-7(14)12-9(16)10(13,2)3/h6H,4-5,11H2,1-3H3,(H,12,14,16)/t6-/m1/s1. The van der Waals surface area contributed by atoms with Crippen molar-refractivity contribution in [1.29, 1.82) is 0 Å². The topological polar surface area (TPSA) is 92.5 Å². The number of nitrogens with zero attached hydrogens (tertiary/aromatic N) is 1. The first kappa shape index (κ1) is 12.6. The van der Waals surface area contributed by atoms with E-state index in [4.69, 9.17) is 5.73 Å². The Bertz CT molecular complexity index is 338. The first-order valence-electron chi connectivity index (χ1n) is 5.22. The summed E-state index contributed by atoms with van der Waals surface area (Å²) >= 11 is 0. The fourth-order valence-corrected chi connectivity index (χ4v) is 1.51. The van der Waals surface area contributed by atoms with Gasteiger partial charge in [0.15, 0.2) is 0 Å². The van der Waals surface area contributed by atoms with Crippen molar-refractivity contribution in [3.05, 3.63) is 0 Å². The zero-order chi connectivity index (χ0) is 12.5. The minimum Gasteiger partial charge on any atom is -0.320 e. The van der Waals surface area contributed by atoms with Crippen LogP contribution in [0.3, 0.4) is 0 Å². The molecule has 0 radical (unpaired) electrons. The van der Waals surface area contributed by atoms with E-state index in [9.17, 15) is 14.4 Å². The molecule has 3 N–H and O–H groups in total. The molecular formula is C10H17N3O3. The number of rotatable bonds is 2. The van der Waals surface area contributed by atoms with E-state index in [1.807, 2.05) is 0 Å². The molecular weight excluding hydrogens is 210 g/mol. The van der Waals surface area contributed by atoms with Crippen molar-refractivity contribution < 1.29 is 14.4 Å². The Balaban J connectivity index is 2.96. The summed E-state index contributed by atoms with van der Waals surface area (Å²) in [5.74, 6) is -1.31. The van der Waals surface area contributed by atoms with E-state index >= 15 is 0 Å². The molecule has 1 rings (SSSR count). The summed E-state index contributed by atoms with van der Waals surface area (Å²) in [5.41, 5.74) is 4.60. The van der Waals surface area contributed by atoms with Crippen LogP contribution in [0, 0.1) is 0 Å². The minimum absolute atomic E-state index is 0.120. The third-order valence-corrected chi connectivity index (χ3v) is 2.81. The van der Waals surface area contributed by atoms with Gasteiger partial charge in [0.2, 0.25) is 11.8 Å². The van der Waals surface area contributed by atoms with Gasteiger partial charge < -0.3 is 10.6 Å². The summed E-state index contributed by atoms with van der Waals surface area (Å²) in [6.07, 6.45) is 0.473. The van der Waals surface area contributed by atoms with Crippen LogP contribution < -0.4 is 11.1 Å². The Hall–Kier alpha value is -1.43. The second-order valence-corrected chi connectivity index (χ2v) is 4.38. The van der Waals surface area contributed by atoms with Gasteiger partial charge in [-0.05, 0) is 20.3 Å². The number of amides is 3. The Morgan fingerprint density at radius 3 is 2.62 bits per heavy atom. The molecule has 90 valence electrons. The molecule has 6 heteroatoms. The lowest BCUT2D eigenvalue weighted by Gasteiger charge is -2.41. The predicted octanol–water partition coefficient (Wildman–Crippen LogP) is -1.01. The average Bonchev–Trinajstić information content (AvgIpc) is 2.21. The average molecular weight is 227 g/mol. The van der Waals surface area contributed by atoms with Crippen molar-refractivity contribution in [2.24, 2.45) is 5.73 Å². The molecule has 0 aromatic heterocycles. The molecule has 1 saturated heterocycles. The second-order valence-electron chi connectivity index (χ2n) is 4.38. The maximum atomic E-state index is 11.9. The molecule has 6 nitrogen and oxygen atoms in total. The predicted molar refractivity (Wildman–Crippen MR) is 57.2 cm³/mol. The maximum Gasteiger partial charge on any atom is 0.252 e. The summed E-state index contributed by atoms with van der Waals surface area (Å²) < 4.78 is 0. The number of imide groups is 1. The lowest BCUT2D eigenvalue weighted by atomic mass is 9.97. The largest absolute Gasteiger partial charge is 0.320 e. The normalized spacial score (nSPS) is 21.6. The van der Waals surface area contributed by atoms with Gasteiger partial charge in [0.1, 0.15) is 12.1 Å². The van der Waals surface area contributed by atoms with E-state index in [-0.39, 0.29) is 12.5 Å². The minimum atomic E-state index is -1.03. The molecule has 0 unspecified atom stereocenters. The van der Waals surface area contributed by atoms with E-state index in [2.05, 4.69) is 5.32 Å². The van der Waals surface area contributed by atoms with Gasteiger partial charge in [-0.15, -0.1) is 0 Å². The fourth-order valence-electron chi connectivity index (χ4n) is 1.51. The van der Waals surface area contributed by atoms with Crippen molar-refractivity contribution in [3.63, 3.8) is 0 Å². The lowest BCUT2D eigenvalue weighted by Crippen LogP contribution is -2.67. The summed E-state index contributed by atoms with van der Waals surface area (Å²) in [6.45, 7) is 4.84. The van der Waals surface area contributed by atoms with Gasteiger partial charge in [-0.3, -0.25) is 19.7 Å². The Labute approximate surface area is 94.2 Å². The zero-order valence-electron chi connectivity index (χ0n) is 9.74. The van der Waals surface area contributed by atoms with Crippen LogP contribution in [0.4, 0.5) is 0 Å². The molecule has 1 fully saturated rings. The van der Waals surface area contributed by atoms with Gasteiger partial charge in [0.05, 0.1) is 6.04 Å². The molecule has 0 aromatic rings. The number of carbonyl (C=O) groups excluding carboxylic acids is 3. The van der Waals surface area contributed by atoms with Crippen LogP contribution in [-0.4, -0.2) is 40.7 Å². The lowest BCUT2D eigenvalue weighted by molar-refractivity contribution is -0.156. The van der Waals surface area contributed by atoms with Gasteiger partial charge >= 0.3 is 0 Å². The van der Waals surface area contributed by atoms with Crippen LogP contribution >= 0.6 is 0 Å². The molecule has 0 saturated carbocycles. The first-order chi connectivity index (χ1) is 7.30. The highest BCUT2D eigenvalue weighted by molar-refractivity contribution is 6.06. The molecule has 1 atom stereocenters. The number of nitrogens with one attached hydrogen (secondary N) is 1. The molecule has 0 spiro atoms. The van der Waals surface area contributed by atoms with Crippen molar-refractivity contribution in [3.8, 4) is 0 Å². The second kappa shape index (κ2) is 4.21. The van der Waals surface area contributed by atoms with Crippen LogP contribution in [0.15, 0.2) is 0 Å². The third-order valence-electron chi connectivity index (χ3n) is 2.81. The first-order valence-corrected chi connectivity index (χ1v) is 5.22. The van der Waals surface area contributed by atoms with Gasteiger partial charge in [-0.1, -0.05) is 6.92 Å². The molecule has 0 bridgehead atoms. The Kier molecular flexibility index (Phi) is 3.32. The van der Waals surface area contributed by atoms with E-state index in [0.29, 0.717) is 6.42 Å². The van der Waals surface area contributed by atoms with Crippen LogP contribution in [0.25, 0.3) is 0 Å². The summed E-state index contributed by atoms with van der Waals surface area (Å²) in [5, 5.41) is 2.20. The molecule has 16 heavy (non-hydrogen) atoms. The van der Waals surface area contributed by atoms with Gasteiger partial charge in [0.25, 0.3) is 5.91 Å². The van der Waals surface area contributed by atoms with Crippen molar-refractivity contribution in [2.45, 2.75) is 38.8 Å². The summed E-state index contributed by atoms with van der Waals surface area (Å²) in [7, 11) is 0. The highest BCUT2D eigenvalue weighted by atomic mass is 16.2. The number of carbonyl (C=O) groups is 3. The number of nitrogens with two attached hydrogens (primary N) is 1.